The van der Waals surface area contributed by atoms with Crippen LogP contribution in [0.4, 0.5) is 17.6 Å². The molecule has 0 aliphatic rings. The quantitative estimate of drug-likeness (QED) is 0.770. The molecule has 3 nitrogen and oxygen atoms in total. The van der Waals surface area contributed by atoms with Gasteiger partial charge in [-0.25, -0.2) is 17.5 Å². The summed E-state index contributed by atoms with van der Waals surface area (Å²) in [6, 6.07) is 7.83. The summed E-state index contributed by atoms with van der Waals surface area (Å²) in [5, 5.41) is 0. The lowest BCUT2D eigenvalue weighted by Gasteiger charge is -2.11. The lowest BCUT2D eigenvalue weighted by atomic mass is 10.2. The molecule has 0 aliphatic carbocycles. The summed E-state index contributed by atoms with van der Waals surface area (Å²) in [7, 11) is -4.23. The highest BCUT2D eigenvalue weighted by molar-refractivity contribution is 9.10. The predicted octanol–water partition coefficient (Wildman–Crippen LogP) is 4.09. The van der Waals surface area contributed by atoms with Crippen LogP contribution in [-0.4, -0.2) is 8.42 Å². The first kappa shape index (κ1) is 17.9. The number of nitrogens with one attached hydrogen (secondary N) is 1. The van der Waals surface area contributed by atoms with Crippen LogP contribution in [0.5, 0.6) is 0 Å². The van der Waals surface area contributed by atoms with Crippen LogP contribution in [0.25, 0.3) is 0 Å². The maximum Gasteiger partial charge on any atom is 0.416 e. The van der Waals surface area contributed by atoms with Crippen LogP contribution in [0.1, 0.15) is 11.1 Å². The van der Waals surface area contributed by atoms with Crippen molar-refractivity contribution in [3.05, 3.63) is 63.9 Å². The van der Waals surface area contributed by atoms with Crippen molar-refractivity contribution < 1.29 is 26.0 Å². The molecule has 2 rings (SSSR count). The molecule has 9 heteroatoms. The summed E-state index contributed by atoms with van der Waals surface area (Å²) in [4.78, 5) is -0.560. The summed E-state index contributed by atoms with van der Waals surface area (Å²) >= 11 is 2.85. The fourth-order valence-electron chi connectivity index (χ4n) is 1.78. The number of alkyl halides is 3. The summed E-state index contributed by atoms with van der Waals surface area (Å²) < 4.78 is 78.0. The average Bonchev–Trinajstić information content (AvgIpc) is 2.45. The van der Waals surface area contributed by atoms with E-state index in [0.717, 1.165) is 18.2 Å². The van der Waals surface area contributed by atoms with E-state index in [9.17, 15) is 26.0 Å². The third-order valence-corrected chi connectivity index (χ3v) is 4.76. The number of rotatable bonds is 4. The highest BCUT2D eigenvalue weighted by Crippen LogP contribution is 2.33. The Labute approximate surface area is 138 Å². The van der Waals surface area contributed by atoms with Crippen molar-refractivity contribution in [1.82, 2.24) is 4.72 Å². The van der Waals surface area contributed by atoms with Gasteiger partial charge in [-0.15, -0.1) is 0 Å². The van der Waals surface area contributed by atoms with E-state index in [1.807, 2.05) is 0 Å². The maximum absolute atomic E-state index is 13.5. The highest BCUT2D eigenvalue weighted by atomic mass is 79.9. The molecule has 0 saturated carbocycles. The first-order valence-electron chi connectivity index (χ1n) is 6.20. The average molecular weight is 412 g/mol. The van der Waals surface area contributed by atoms with E-state index in [1.165, 1.54) is 18.2 Å². The zero-order valence-electron chi connectivity index (χ0n) is 11.4. The van der Waals surface area contributed by atoms with Gasteiger partial charge in [-0.3, -0.25) is 0 Å². The van der Waals surface area contributed by atoms with Crippen molar-refractivity contribution in [3.8, 4) is 0 Å². The summed E-state index contributed by atoms with van der Waals surface area (Å²) in [5.41, 5.74) is -1.01. The van der Waals surface area contributed by atoms with Crippen LogP contribution in [0, 0.1) is 5.82 Å². The van der Waals surface area contributed by atoms with Gasteiger partial charge in [0.05, 0.1) is 10.5 Å². The lowest BCUT2D eigenvalue weighted by molar-refractivity contribution is -0.137. The van der Waals surface area contributed by atoms with E-state index in [4.69, 9.17) is 0 Å². The van der Waals surface area contributed by atoms with Crippen molar-refractivity contribution >= 4 is 26.0 Å². The number of hydrogen-bond donors (Lipinski definition) is 1. The molecule has 0 bridgehead atoms. The highest BCUT2D eigenvalue weighted by Gasteiger charge is 2.32. The lowest BCUT2D eigenvalue weighted by Crippen LogP contribution is -2.24. The Morgan fingerprint density at radius 1 is 1.09 bits per heavy atom. The van der Waals surface area contributed by atoms with E-state index >= 15 is 0 Å². The van der Waals surface area contributed by atoms with Gasteiger partial charge in [-0.2, -0.15) is 13.2 Å². The number of halogens is 5. The van der Waals surface area contributed by atoms with E-state index < -0.39 is 32.5 Å². The molecule has 1 N–H and O–H groups in total. The second-order valence-corrected chi connectivity index (χ2v) is 7.27. The van der Waals surface area contributed by atoms with Gasteiger partial charge in [0.2, 0.25) is 10.0 Å². The third-order valence-electron chi connectivity index (χ3n) is 2.92. The third kappa shape index (κ3) is 4.52. The monoisotopic (exact) mass is 411 g/mol. The molecular weight excluding hydrogens is 402 g/mol. The molecule has 0 aliphatic heterocycles. The van der Waals surface area contributed by atoms with E-state index in [1.54, 1.807) is 0 Å². The first-order valence-corrected chi connectivity index (χ1v) is 8.48. The number of hydrogen-bond acceptors (Lipinski definition) is 2. The standard InChI is InChI=1S/C14H10BrF4NO2S/c15-11-5-10(14(17,18)19)6-12(7-11)23(21,22)20-8-9-3-1-2-4-13(9)16/h1-7,20H,8H2. The van der Waals surface area contributed by atoms with Crippen LogP contribution in [-0.2, 0) is 22.7 Å². The molecule has 0 heterocycles. The fourth-order valence-corrected chi connectivity index (χ4v) is 3.50. The van der Waals surface area contributed by atoms with Crippen LogP contribution in [0.3, 0.4) is 0 Å². The minimum atomic E-state index is -4.68. The van der Waals surface area contributed by atoms with Gasteiger partial charge in [0.15, 0.2) is 0 Å². The fraction of sp³-hybridized carbons (Fsp3) is 0.143. The molecule has 0 spiro atoms. The second kappa shape index (κ2) is 6.58. The summed E-state index contributed by atoms with van der Waals surface area (Å²) in [5.74, 6) is -0.611. The second-order valence-electron chi connectivity index (χ2n) is 4.59. The van der Waals surface area contributed by atoms with E-state index in [-0.39, 0.29) is 16.6 Å². The van der Waals surface area contributed by atoms with Crippen LogP contribution >= 0.6 is 15.9 Å². The summed E-state index contributed by atoms with van der Waals surface area (Å²) in [6.45, 7) is -0.372. The van der Waals surface area contributed by atoms with E-state index in [0.29, 0.717) is 6.07 Å². The molecule has 0 fully saturated rings. The number of benzene rings is 2. The van der Waals surface area contributed by atoms with Gasteiger partial charge in [-0.05, 0) is 24.3 Å². The molecular formula is C14H10BrF4NO2S. The maximum atomic E-state index is 13.5. The van der Waals surface area contributed by atoms with Gasteiger partial charge in [0.25, 0.3) is 0 Å². The normalized spacial score (nSPS) is 12.4. The molecule has 23 heavy (non-hydrogen) atoms. The largest absolute Gasteiger partial charge is 0.416 e. The van der Waals surface area contributed by atoms with Gasteiger partial charge >= 0.3 is 6.18 Å². The molecule has 0 amide bonds. The van der Waals surface area contributed by atoms with Crippen LogP contribution < -0.4 is 4.72 Å². The van der Waals surface area contributed by atoms with E-state index in [2.05, 4.69) is 20.7 Å². The Kier molecular flexibility index (Phi) is 5.12. The van der Waals surface area contributed by atoms with Crippen molar-refractivity contribution in [2.24, 2.45) is 0 Å². The minimum absolute atomic E-state index is 0.0291. The van der Waals surface area contributed by atoms with Gasteiger partial charge in [0.1, 0.15) is 5.82 Å². The molecule has 0 radical (unpaired) electrons. The molecule has 0 unspecified atom stereocenters. The van der Waals surface area contributed by atoms with Crippen molar-refractivity contribution in [3.63, 3.8) is 0 Å². The topological polar surface area (TPSA) is 46.2 Å². The van der Waals surface area contributed by atoms with Crippen molar-refractivity contribution in [1.29, 1.82) is 0 Å². The zero-order valence-corrected chi connectivity index (χ0v) is 13.8. The number of sulfonamides is 1. The van der Waals surface area contributed by atoms with Crippen LogP contribution in [0.15, 0.2) is 51.8 Å². The predicted molar refractivity (Wildman–Crippen MR) is 79.6 cm³/mol. The molecule has 0 aromatic heterocycles. The SMILES string of the molecule is O=S(=O)(NCc1ccccc1F)c1cc(Br)cc(C(F)(F)F)c1. The van der Waals surface area contributed by atoms with Crippen molar-refractivity contribution in [2.45, 2.75) is 17.6 Å². The smallest absolute Gasteiger partial charge is 0.207 e. The Balaban J connectivity index is 2.30. The zero-order chi connectivity index (χ0) is 17.3. The Morgan fingerprint density at radius 2 is 1.74 bits per heavy atom. The molecule has 0 saturated heterocycles. The van der Waals surface area contributed by atoms with Gasteiger partial charge in [-0.1, -0.05) is 34.1 Å². The van der Waals surface area contributed by atoms with Gasteiger partial charge < -0.3 is 0 Å². The van der Waals surface area contributed by atoms with Crippen LogP contribution in [0.2, 0.25) is 0 Å². The Morgan fingerprint density at radius 3 is 2.35 bits per heavy atom. The Hall–Kier alpha value is -1.45. The van der Waals surface area contributed by atoms with Crippen molar-refractivity contribution in [2.75, 3.05) is 0 Å². The molecule has 0 atom stereocenters. The van der Waals surface area contributed by atoms with Gasteiger partial charge in [0, 0.05) is 16.6 Å². The first-order chi connectivity index (χ1) is 10.6. The minimum Gasteiger partial charge on any atom is -0.207 e. The molecule has 124 valence electrons. The molecule has 2 aromatic carbocycles. The molecule has 2 aromatic rings. The Bertz CT molecular complexity index is 822. The summed E-state index contributed by atoms with van der Waals surface area (Å²) in [6.07, 6.45) is -4.68.